The lowest BCUT2D eigenvalue weighted by Gasteiger charge is -2.20. The molecule has 0 saturated heterocycles. The lowest BCUT2D eigenvalue weighted by molar-refractivity contribution is 0.276. The van der Waals surface area contributed by atoms with Gasteiger partial charge >= 0.3 is 7.60 Å². The number of halogens is 2. The van der Waals surface area contributed by atoms with Crippen LogP contribution in [0.2, 0.25) is 0 Å². The highest BCUT2D eigenvalue weighted by molar-refractivity contribution is 9.27. The summed E-state index contributed by atoms with van der Waals surface area (Å²) in [4.78, 5) is 0. The average Bonchev–Trinajstić information content (AvgIpc) is 2.02. The molecule has 0 aliphatic rings. The molecule has 7 heteroatoms. The van der Waals surface area contributed by atoms with Gasteiger partial charge in [0.05, 0.1) is 0 Å². The van der Waals surface area contributed by atoms with E-state index in [4.69, 9.17) is 5.26 Å². The van der Waals surface area contributed by atoms with Gasteiger partial charge in [-0.2, -0.15) is 5.26 Å². The fourth-order valence-electron chi connectivity index (χ4n) is 0.365. The maximum atomic E-state index is 11.4. The van der Waals surface area contributed by atoms with E-state index >= 15 is 0 Å². The van der Waals surface area contributed by atoms with E-state index in [1.807, 2.05) is 0 Å². The summed E-state index contributed by atoms with van der Waals surface area (Å²) >= 11 is 5.73. The summed E-state index contributed by atoms with van der Waals surface area (Å²) in [6, 6.07) is 1.70. The summed E-state index contributed by atoms with van der Waals surface area (Å²) in [6.45, 7) is 0. The van der Waals surface area contributed by atoms with Crippen molar-refractivity contribution in [2.45, 2.75) is 2.97 Å². The number of nitriles is 1. The van der Waals surface area contributed by atoms with Crippen LogP contribution in [0.1, 0.15) is 0 Å². The van der Waals surface area contributed by atoms with Gasteiger partial charge in [-0.05, 0) is 31.9 Å². The third kappa shape index (κ3) is 2.27. The van der Waals surface area contributed by atoms with Crippen LogP contribution >= 0.6 is 39.5 Å². The lowest BCUT2D eigenvalue weighted by atomic mass is 10.9. The summed E-state index contributed by atoms with van der Waals surface area (Å²) < 4.78 is 19.1. The Labute approximate surface area is 81.7 Å². The van der Waals surface area contributed by atoms with E-state index in [1.54, 1.807) is 6.07 Å². The van der Waals surface area contributed by atoms with Crippen LogP contribution in [-0.2, 0) is 13.6 Å². The smallest absolute Gasteiger partial charge is 0.310 e. The van der Waals surface area contributed by atoms with Gasteiger partial charge in [-0.3, -0.25) is 4.57 Å². The van der Waals surface area contributed by atoms with E-state index in [2.05, 4.69) is 40.9 Å². The lowest BCUT2D eigenvalue weighted by Crippen LogP contribution is -2.11. The normalized spacial score (nSPS) is 12.6. The Hall–Kier alpha value is 0.600. The molecule has 0 unspecified atom stereocenters. The first-order valence-corrected chi connectivity index (χ1v) is 5.57. The molecule has 0 atom stereocenters. The van der Waals surface area contributed by atoms with Crippen LogP contribution in [0.3, 0.4) is 0 Å². The molecule has 0 spiro atoms. The van der Waals surface area contributed by atoms with Gasteiger partial charge in [-0.1, -0.05) is 0 Å². The molecule has 64 valence electrons. The Morgan fingerprint density at radius 1 is 1.45 bits per heavy atom. The molecule has 0 aliphatic heterocycles. The van der Waals surface area contributed by atoms with Crippen molar-refractivity contribution < 1.29 is 13.6 Å². The van der Waals surface area contributed by atoms with Gasteiger partial charge < -0.3 is 9.05 Å². The minimum absolute atomic E-state index is 1.21. The number of rotatable bonds is 3. The maximum absolute atomic E-state index is 11.4. The van der Waals surface area contributed by atoms with E-state index in [0.29, 0.717) is 0 Å². The molecule has 0 saturated carbocycles. The van der Waals surface area contributed by atoms with E-state index in [-0.39, 0.29) is 0 Å². The first-order valence-electron chi connectivity index (χ1n) is 2.44. The SMILES string of the molecule is COP(=O)(OC)C(Br)(Br)C#N. The van der Waals surface area contributed by atoms with Crippen molar-refractivity contribution in [1.29, 1.82) is 5.26 Å². The number of alkyl halides is 2. The Bertz CT molecular complexity index is 216. The van der Waals surface area contributed by atoms with Crippen LogP contribution in [0.15, 0.2) is 0 Å². The molecule has 0 radical (unpaired) electrons. The summed E-state index contributed by atoms with van der Waals surface area (Å²) in [5.41, 5.74) is 0. The zero-order valence-corrected chi connectivity index (χ0v) is 9.94. The van der Waals surface area contributed by atoms with E-state index in [0.717, 1.165) is 0 Å². The summed E-state index contributed by atoms with van der Waals surface area (Å²) in [7, 11) is -0.997. The minimum atomic E-state index is -3.41. The Morgan fingerprint density at radius 3 is 1.91 bits per heavy atom. The largest absolute Gasteiger partial charge is 0.371 e. The number of nitrogens with zero attached hydrogens (tertiary/aromatic N) is 1. The molecule has 0 N–H and O–H groups in total. The topological polar surface area (TPSA) is 59.3 Å². The molecule has 0 amide bonds. The second-order valence-electron chi connectivity index (χ2n) is 1.52. The summed E-state index contributed by atoms with van der Waals surface area (Å²) in [5.74, 6) is 0. The van der Waals surface area contributed by atoms with Gasteiger partial charge in [0, 0.05) is 14.2 Å². The monoisotopic (exact) mass is 305 g/mol. The van der Waals surface area contributed by atoms with Crippen LogP contribution < -0.4 is 0 Å². The maximum Gasteiger partial charge on any atom is 0.371 e. The third-order valence-corrected chi connectivity index (χ3v) is 5.67. The molecule has 0 aliphatic carbocycles. The van der Waals surface area contributed by atoms with Gasteiger partial charge in [-0.25, -0.2) is 0 Å². The molecule has 0 aromatic carbocycles. The van der Waals surface area contributed by atoms with Crippen LogP contribution in [0, 0.1) is 11.3 Å². The van der Waals surface area contributed by atoms with Crippen molar-refractivity contribution in [3.63, 3.8) is 0 Å². The first-order chi connectivity index (χ1) is 4.93. The fourth-order valence-corrected chi connectivity index (χ4v) is 2.83. The van der Waals surface area contributed by atoms with Crippen molar-refractivity contribution >= 4 is 39.5 Å². The van der Waals surface area contributed by atoms with Gasteiger partial charge in [0.2, 0.25) is 0 Å². The van der Waals surface area contributed by atoms with E-state index in [1.165, 1.54) is 14.2 Å². The van der Waals surface area contributed by atoms with Crippen molar-refractivity contribution in [2.24, 2.45) is 0 Å². The van der Waals surface area contributed by atoms with Crippen molar-refractivity contribution in [2.75, 3.05) is 14.2 Å². The Kier molecular flexibility index (Phi) is 4.23. The number of hydrogen-bond donors (Lipinski definition) is 0. The van der Waals surface area contributed by atoms with Gasteiger partial charge in [-0.15, -0.1) is 0 Å². The number of hydrogen-bond acceptors (Lipinski definition) is 4. The molecule has 0 aromatic rings. The van der Waals surface area contributed by atoms with Gasteiger partial charge in [0.25, 0.3) is 2.97 Å². The average molecular weight is 307 g/mol. The second-order valence-corrected chi connectivity index (χ2v) is 8.58. The van der Waals surface area contributed by atoms with E-state index < -0.39 is 10.6 Å². The highest BCUT2D eigenvalue weighted by atomic mass is 79.9. The van der Waals surface area contributed by atoms with Crippen molar-refractivity contribution in [1.82, 2.24) is 0 Å². The fraction of sp³-hybridized carbons (Fsp3) is 0.750. The zero-order valence-electron chi connectivity index (χ0n) is 5.88. The highest BCUT2D eigenvalue weighted by Crippen LogP contribution is 2.65. The molecule has 0 heterocycles. The van der Waals surface area contributed by atoms with Crippen LogP contribution in [0.5, 0.6) is 0 Å². The molecule has 0 fully saturated rings. The van der Waals surface area contributed by atoms with Crippen molar-refractivity contribution in [3.8, 4) is 6.07 Å². The molecule has 4 nitrogen and oxygen atoms in total. The van der Waals surface area contributed by atoms with Crippen molar-refractivity contribution in [3.05, 3.63) is 0 Å². The zero-order chi connectivity index (χ0) is 9.12. The van der Waals surface area contributed by atoms with Crippen LogP contribution in [0.25, 0.3) is 0 Å². The first kappa shape index (κ1) is 11.6. The molecule has 0 rings (SSSR count). The molecular weight excluding hydrogens is 301 g/mol. The standard InChI is InChI=1S/C4H6Br2NO3P/c1-9-11(8,10-2)4(5,6)3-7/h1-2H3. The predicted octanol–water partition coefficient (Wildman–Crippen LogP) is 2.44. The minimum Gasteiger partial charge on any atom is -0.310 e. The summed E-state index contributed by atoms with van der Waals surface area (Å²) in [5, 5.41) is 8.52. The van der Waals surface area contributed by atoms with Gasteiger partial charge in [0.1, 0.15) is 6.07 Å². The molecule has 0 bridgehead atoms. The summed E-state index contributed by atoms with van der Waals surface area (Å²) in [6.07, 6.45) is 0. The quantitative estimate of drug-likeness (QED) is 0.593. The highest BCUT2D eigenvalue weighted by Gasteiger charge is 2.46. The molecular formula is C4H6Br2NO3P. The Morgan fingerprint density at radius 2 is 1.82 bits per heavy atom. The third-order valence-electron chi connectivity index (χ3n) is 0.959. The second kappa shape index (κ2) is 4.01. The van der Waals surface area contributed by atoms with Crippen LogP contribution in [0.4, 0.5) is 0 Å². The van der Waals surface area contributed by atoms with E-state index in [9.17, 15) is 4.57 Å². The molecule has 11 heavy (non-hydrogen) atoms. The Balaban J connectivity index is 4.82. The van der Waals surface area contributed by atoms with Crippen LogP contribution in [-0.4, -0.2) is 17.2 Å². The predicted molar refractivity (Wildman–Crippen MR) is 47.8 cm³/mol. The molecule has 0 aromatic heterocycles. The van der Waals surface area contributed by atoms with Gasteiger partial charge in [0.15, 0.2) is 0 Å².